The van der Waals surface area contributed by atoms with Crippen molar-refractivity contribution in [2.24, 2.45) is 0 Å². The number of carboxylic acid groups (broad SMARTS) is 1. The Labute approximate surface area is 126 Å². The van der Waals surface area contributed by atoms with Crippen molar-refractivity contribution in [3.63, 3.8) is 0 Å². The van der Waals surface area contributed by atoms with Gasteiger partial charge in [0.2, 0.25) is 5.91 Å². The number of carbonyl (C=O) groups is 2. The van der Waals surface area contributed by atoms with Crippen LogP contribution in [-0.4, -0.2) is 35.1 Å². The summed E-state index contributed by atoms with van der Waals surface area (Å²) in [4.78, 5) is 25.0. The van der Waals surface area contributed by atoms with Crippen LogP contribution in [0.3, 0.4) is 0 Å². The van der Waals surface area contributed by atoms with E-state index in [4.69, 9.17) is 5.11 Å². The molecule has 116 valence electrons. The molecule has 1 atom stereocenters. The van der Waals surface area contributed by atoms with Crippen LogP contribution in [0.25, 0.3) is 0 Å². The summed E-state index contributed by atoms with van der Waals surface area (Å²) < 4.78 is 0. The van der Waals surface area contributed by atoms with Crippen LogP contribution in [-0.2, 0) is 9.59 Å². The van der Waals surface area contributed by atoms with E-state index in [1.807, 2.05) is 52.0 Å². The van der Waals surface area contributed by atoms with Crippen molar-refractivity contribution in [2.75, 3.05) is 11.4 Å². The topological polar surface area (TPSA) is 69.6 Å². The van der Waals surface area contributed by atoms with E-state index < -0.39 is 12.0 Å². The summed E-state index contributed by atoms with van der Waals surface area (Å²) in [6.07, 6.45) is 0. The number of benzene rings is 1. The average Bonchev–Trinajstić information content (AvgIpc) is 2.34. The molecule has 1 rings (SSSR count). The molecule has 1 amide bonds. The van der Waals surface area contributed by atoms with Crippen LogP contribution in [0.4, 0.5) is 5.69 Å². The van der Waals surface area contributed by atoms with Crippen LogP contribution in [0, 0.1) is 6.92 Å². The molecule has 0 radical (unpaired) electrons. The Bertz CT molecular complexity index is 503. The minimum Gasteiger partial charge on any atom is -0.480 e. The van der Waals surface area contributed by atoms with E-state index in [0.717, 1.165) is 11.3 Å². The van der Waals surface area contributed by atoms with E-state index in [9.17, 15) is 9.59 Å². The number of hydrogen-bond acceptors (Lipinski definition) is 3. The number of amides is 1. The molecule has 21 heavy (non-hydrogen) atoms. The fourth-order valence-corrected chi connectivity index (χ4v) is 1.95. The fraction of sp³-hybridized carbons (Fsp3) is 0.500. The minimum absolute atomic E-state index is 0.190. The predicted molar refractivity (Wildman–Crippen MR) is 83.5 cm³/mol. The fourth-order valence-electron chi connectivity index (χ4n) is 1.95. The Kier molecular flexibility index (Phi) is 5.35. The standard InChI is InChI=1S/C16H24N2O3/c1-11-6-8-13(9-7-11)18(10-14(19)20)12(2)15(21)17-16(3,4)5/h6-9,12H,10H2,1-5H3,(H,17,21)(H,19,20). The molecular formula is C16H24N2O3. The lowest BCUT2D eigenvalue weighted by Gasteiger charge is -2.31. The zero-order valence-corrected chi connectivity index (χ0v) is 13.3. The lowest BCUT2D eigenvalue weighted by atomic mass is 10.1. The lowest BCUT2D eigenvalue weighted by Crippen LogP contribution is -2.52. The second-order valence-electron chi connectivity index (χ2n) is 6.27. The summed E-state index contributed by atoms with van der Waals surface area (Å²) >= 11 is 0. The Morgan fingerprint density at radius 2 is 1.76 bits per heavy atom. The average molecular weight is 292 g/mol. The number of carboxylic acids is 1. The van der Waals surface area contributed by atoms with Crippen molar-refractivity contribution >= 4 is 17.6 Å². The smallest absolute Gasteiger partial charge is 0.323 e. The van der Waals surface area contributed by atoms with Crippen LogP contribution in [0.2, 0.25) is 0 Å². The van der Waals surface area contributed by atoms with Crippen molar-refractivity contribution in [3.05, 3.63) is 29.8 Å². The molecular weight excluding hydrogens is 268 g/mol. The van der Waals surface area contributed by atoms with Gasteiger partial charge in [0.05, 0.1) is 0 Å². The highest BCUT2D eigenvalue weighted by Crippen LogP contribution is 2.18. The molecule has 0 saturated heterocycles. The van der Waals surface area contributed by atoms with E-state index >= 15 is 0 Å². The molecule has 1 aromatic rings. The van der Waals surface area contributed by atoms with Gasteiger partial charge in [0.1, 0.15) is 12.6 Å². The Morgan fingerprint density at radius 3 is 2.19 bits per heavy atom. The van der Waals surface area contributed by atoms with Gasteiger partial charge in [-0.05, 0) is 46.8 Å². The molecule has 5 nitrogen and oxygen atoms in total. The zero-order chi connectivity index (χ0) is 16.2. The first kappa shape index (κ1) is 17.0. The summed E-state index contributed by atoms with van der Waals surface area (Å²) in [5.74, 6) is -1.16. The van der Waals surface area contributed by atoms with Crippen LogP contribution in [0.5, 0.6) is 0 Å². The van der Waals surface area contributed by atoms with Crippen molar-refractivity contribution in [1.82, 2.24) is 5.32 Å². The van der Waals surface area contributed by atoms with E-state index in [1.54, 1.807) is 11.8 Å². The highest BCUT2D eigenvalue weighted by molar-refractivity contribution is 5.87. The zero-order valence-electron chi connectivity index (χ0n) is 13.3. The summed E-state index contributed by atoms with van der Waals surface area (Å²) in [6, 6.07) is 6.90. The molecule has 0 spiro atoms. The maximum Gasteiger partial charge on any atom is 0.323 e. The van der Waals surface area contributed by atoms with E-state index in [-0.39, 0.29) is 18.0 Å². The lowest BCUT2D eigenvalue weighted by molar-refractivity contribution is -0.135. The van der Waals surface area contributed by atoms with Crippen LogP contribution >= 0.6 is 0 Å². The summed E-state index contributed by atoms with van der Waals surface area (Å²) in [6.45, 7) is 9.13. The van der Waals surface area contributed by atoms with Gasteiger partial charge in [0.15, 0.2) is 0 Å². The Balaban J connectivity index is 2.99. The van der Waals surface area contributed by atoms with Crippen LogP contribution < -0.4 is 10.2 Å². The largest absolute Gasteiger partial charge is 0.480 e. The molecule has 0 saturated carbocycles. The first-order valence-corrected chi connectivity index (χ1v) is 6.97. The number of anilines is 1. The molecule has 0 aromatic heterocycles. The molecule has 0 aliphatic carbocycles. The Hall–Kier alpha value is -2.04. The third kappa shape index (κ3) is 5.45. The summed E-state index contributed by atoms with van der Waals surface area (Å²) in [5.41, 5.74) is 1.45. The van der Waals surface area contributed by atoms with Crippen molar-refractivity contribution in [2.45, 2.75) is 46.2 Å². The van der Waals surface area contributed by atoms with Crippen LogP contribution in [0.15, 0.2) is 24.3 Å². The van der Waals surface area contributed by atoms with Gasteiger partial charge in [-0.25, -0.2) is 0 Å². The molecule has 0 bridgehead atoms. The molecule has 1 unspecified atom stereocenters. The molecule has 0 heterocycles. The minimum atomic E-state index is -0.967. The number of aliphatic carboxylic acids is 1. The quantitative estimate of drug-likeness (QED) is 0.873. The third-order valence-electron chi connectivity index (χ3n) is 3.02. The van der Waals surface area contributed by atoms with Gasteiger partial charge in [-0.1, -0.05) is 17.7 Å². The second-order valence-corrected chi connectivity index (χ2v) is 6.27. The molecule has 2 N–H and O–H groups in total. The van der Waals surface area contributed by atoms with Gasteiger partial charge in [-0.3, -0.25) is 9.59 Å². The number of nitrogens with zero attached hydrogens (tertiary/aromatic N) is 1. The molecule has 1 aromatic carbocycles. The number of hydrogen-bond donors (Lipinski definition) is 2. The van der Waals surface area contributed by atoms with E-state index in [0.29, 0.717) is 0 Å². The summed E-state index contributed by atoms with van der Waals surface area (Å²) in [7, 11) is 0. The van der Waals surface area contributed by atoms with Gasteiger partial charge >= 0.3 is 5.97 Å². The predicted octanol–water partition coefficient (Wildman–Crippen LogP) is 2.19. The second kappa shape index (κ2) is 6.61. The molecule has 0 fully saturated rings. The molecule has 0 aliphatic rings. The maximum atomic E-state index is 12.3. The first-order valence-electron chi connectivity index (χ1n) is 6.97. The van der Waals surface area contributed by atoms with Crippen LogP contribution in [0.1, 0.15) is 33.3 Å². The van der Waals surface area contributed by atoms with Crippen molar-refractivity contribution in [3.8, 4) is 0 Å². The van der Waals surface area contributed by atoms with Gasteiger partial charge in [0.25, 0.3) is 0 Å². The number of nitrogens with one attached hydrogen (secondary N) is 1. The molecule has 0 aliphatic heterocycles. The van der Waals surface area contributed by atoms with Gasteiger partial charge < -0.3 is 15.3 Å². The van der Waals surface area contributed by atoms with Gasteiger partial charge in [0, 0.05) is 11.2 Å². The molecule has 5 heteroatoms. The highest BCUT2D eigenvalue weighted by atomic mass is 16.4. The SMILES string of the molecule is Cc1ccc(N(CC(=O)O)C(C)C(=O)NC(C)(C)C)cc1. The number of rotatable bonds is 5. The van der Waals surface area contributed by atoms with Crippen molar-refractivity contribution < 1.29 is 14.7 Å². The van der Waals surface area contributed by atoms with E-state index in [1.165, 1.54) is 0 Å². The maximum absolute atomic E-state index is 12.3. The monoisotopic (exact) mass is 292 g/mol. The number of carbonyl (C=O) groups excluding carboxylic acids is 1. The normalized spacial score (nSPS) is 12.6. The number of aryl methyl sites for hydroxylation is 1. The third-order valence-corrected chi connectivity index (χ3v) is 3.02. The van der Waals surface area contributed by atoms with E-state index in [2.05, 4.69) is 5.32 Å². The Morgan fingerprint density at radius 1 is 1.24 bits per heavy atom. The highest BCUT2D eigenvalue weighted by Gasteiger charge is 2.26. The van der Waals surface area contributed by atoms with Gasteiger partial charge in [-0.15, -0.1) is 0 Å². The first-order chi connectivity index (χ1) is 9.60. The van der Waals surface area contributed by atoms with Crippen molar-refractivity contribution in [1.29, 1.82) is 0 Å². The summed E-state index contributed by atoms with van der Waals surface area (Å²) in [5, 5.41) is 12.0. The van der Waals surface area contributed by atoms with Gasteiger partial charge in [-0.2, -0.15) is 0 Å².